The van der Waals surface area contributed by atoms with Gasteiger partial charge in [-0.1, -0.05) is 30.3 Å². The zero-order valence-electron chi connectivity index (χ0n) is 17.5. The van der Waals surface area contributed by atoms with Gasteiger partial charge in [-0.15, -0.1) is 0 Å². The number of anilines is 1. The molecule has 3 aromatic carbocycles. The molecular formula is C25H21FN2O4S. The zero-order chi connectivity index (χ0) is 23.3. The highest BCUT2D eigenvalue weighted by Crippen LogP contribution is 2.19. The van der Waals surface area contributed by atoms with Crippen molar-refractivity contribution in [3.05, 3.63) is 120 Å². The second kappa shape index (κ2) is 9.70. The number of carbonyl (C=O) groups excluding carboxylic acids is 1. The Bertz CT molecular complexity index is 1310. The minimum absolute atomic E-state index is 0.0588. The summed E-state index contributed by atoms with van der Waals surface area (Å²) < 4.78 is 45.9. The number of sulfonamides is 1. The van der Waals surface area contributed by atoms with Crippen molar-refractivity contribution >= 4 is 21.6 Å². The number of rotatable bonds is 8. The van der Waals surface area contributed by atoms with E-state index in [-0.39, 0.29) is 16.5 Å². The molecule has 0 aliphatic rings. The summed E-state index contributed by atoms with van der Waals surface area (Å²) in [7, 11) is -3.88. The average molecular weight is 465 g/mol. The summed E-state index contributed by atoms with van der Waals surface area (Å²) in [5.41, 5.74) is 1.67. The Morgan fingerprint density at radius 2 is 1.55 bits per heavy atom. The van der Waals surface area contributed by atoms with E-state index in [2.05, 4.69) is 4.72 Å². The molecule has 0 unspecified atom stereocenters. The van der Waals surface area contributed by atoms with Gasteiger partial charge >= 0.3 is 0 Å². The number of carbonyl (C=O) groups is 1. The predicted molar refractivity (Wildman–Crippen MR) is 122 cm³/mol. The van der Waals surface area contributed by atoms with Gasteiger partial charge in [-0.25, -0.2) is 12.8 Å². The highest BCUT2D eigenvalue weighted by Gasteiger charge is 2.19. The predicted octanol–water partition coefficient (Wildman–Crippen LogP) is 5.06. The molecule has 1 heterocycles. The molecule has 1 N–H and O–H groups in total. The molecule has 0 aliphatic carbocycles. The van der Waals surface area contributed by atoms with E-state index in [1.165, 1.54) is 24.3 Å². The first-order valence-corrected chi connectivity index (χ1v) is 11.6. The number of furan rings is 1. The van der Waals surface area contributed by atoms with Gasteiger partial charge in [0.1, 0.15) is 11.6 Å². The standard InChI is InChI=1S/C25H21FN2O4S/c26-21-10-14-24(15-11-21)33(30,31)27-22-12-8-20(9-13-22)25(29)28(18-23-7-4-16-32-23)17-19-5-2-1-3-6-19/h1-16,27H,17-18H2. The Hall–Kier alpha value is -3.91. The summed E-state index contributed by atoms with van der Waals surface area (Å²) in [5.74, 6) is -0.0856. The number of hydrogen-bond acceptors (Lipinski definition) is 4. The maximum atomic E-state index is 13.2. The largest absolute Gasteiger partial charge is 0.467 e. The summed E-state index contributed by atoms with van der Waals surface area (Å²) >= 11 is 0. The quantitative estimate of drug-likeness (QED) is 0.395. The van der Waals surface area contributed by atoms with Crippen molar-refractivity contribution in [1.29, 1.82) is 0 Å². The van der Waals surface area contributed by atoms with Crippen LogP contribution < -0.4 is 4.72 Å². The summed E-state index contributed by atoms with van der Waals surface area (Å²) in [6.45, 7) is 0.680. The summed E-state index contributed by atoms with van der Waals surface area (Å²) in [6, 6.07) is 23.9. The van der Waals surface area contributed by atoms with Gasteiger partial charge < -0.3 is 9.32 Å². The van der Waals surface area contributed by atoms with E-state index in [0.717, 1.165) is 17.7 Å². The van der Waals surface area contributed by atoms with Gasteiger partial charge in [-0.2, -0.15) is 0 Å². The van der Waals surface area contributed by atoms with Crippen molar-refractivity contribution in [3.63, 3.8) is 0 Å². The molecule has 1 amide bonds. The normalized spacial score (nSPS) is 11.2. The second-order valence-corrected chi connectivity index (χ2v) is 9.05. The lowest BCUT2D eigenvalue weighted by Crippen LogP contribution is -2.30. The van der Waals surface area contributed by atoms with Gasteiger partial charge in [0.2, 0.25) is 0 Å². The maximum absolute atomic E-state index is 13.2. The van der Waals surface area contributed by atoms with Crippen LogP contribution in [0, 0.1) is 5.82 Å². The molecule has 0 aliphatic heterocycles. The molecular weight excluding hydrogens is 443 g/mol. The molecule has 0 spiro atoms. The molecule has 8 heteroatoms. The number of nitrogens with one attached hydrogen (secondary N) is 1. The smallest absolute Gasteiger partial charge is 0.261 e. The Labute approximate surface area is 191 Å². The minimum atomic E-state index is -3.88. The Balaban J connectivity index is 1.51. The number of nitrogens with zero attached hydrogens (tertiary/aromatic N) is 1. The van der Waals surface area contributed by atoms with Gasteiger partial charge in [-0.3, -0.25) is 9.52 Å². The van der Waals surface area contributed by atoms with Crippen molar-refractivity contribution < 1.29 is 22.0 Å². The molecule has 168 valence electrons. The fourth-order valence-corrected chi connectivity index (χ4v) is 4.34. The average Bonchev–Trinajstić information content (AvgIpc) is 3.33. The van der Waals surface area contributed by atoms with E-state index in [9.17, 15) is 17.6 Å². The van der Waals surface area contributed by atoms with E-state index in [4.69, 9.17) is 4.42 Å². The van der Waals surface area contributed by atoms with Crippen LogP contribution in [0.3, 0.4) is 0 Å². The molecule has 0 fully saturated rings. The lowest BCUT2D eigenvalue weighted by Gasteiger charge is -2.22. The Kier molecular flexibility index (Phi) is 6.55. The van der Waals surface area contributed by atoms with Gasteiger partial charge in [0.15, 0.2) is 0 Å². The highest BCUT2D eigenvalue weighted by atomic mass is 32.2. The van der Waals surface area contributed by atoms with E-state index < -0.39 is 15.8 Å². The molecule has 0 saturated carbocycles. The molecule has 0 saturated heterocycles. The van der Waals surface area contributed by atoms with Gasteiger partial charge in [0, 0.05) is 17.8 Å². The first-order valence-electron chi connectivity index (χ1n) is 10.1. The topological polar surface area (TPSA) is 79.6 Å². The summed E-state index contributed by atoms with van der Waals surface area (Å²) in [4.78, 5) is 14.8. The van der Waals surface area contributed by atoms with Crippen LogP contribution in [0.15, 0.2) is 107 Å². The minimum Gasteiger partial charge on any atom is -0.467 e. The summed E-state index contributed by atoms with van der Waals surface area (Å²) in [6.07, 6.45) is 1.56. The van der Waals surface area contributed by atoms with E-state index in [0.29, 0.717) is 24.4 Å². The summed E-state index contributed by atoms with van der Waals surface area (Å²) in [5, 5.41) is 0. The highest BCUT2D eigenvalue weighted by molar-refractivity contribution is 7.92. The third-order valence-electron chi connectivity index (χ3n) is 4.94. The van der Waals surface area contributed by atoms with Crippen LogP contribution in [-0.4, -0.2) is 19.2 Å². The molecule has 0 radical (unpaired) electrons. The fourth-order valence-electron chi connectivity index (χ4n) is 3.29. The van der Waals surface area contributed by atoms with Crippen LogP contribution in [0.4, 0.5) is 10.1 Å². The van der Waals surface area contributed by atoms with Crippen molar-refractivity contribution in [2.75, 3.05) is 4.72 Å². The van der Waals surface area contributed by atoms with Crippen LogP contribution in [0.1, 0.15) is 21.7 Å². The van der Waals surface area contributed by atoms with Crippen molar-refractivity contribution in [3.8, 4) is 0 Å². The second-order valence-electron chi connectivity index (χ2n) is 7.36. The van der Waals surface area contributed by atoms with Crippen molar-refractivity contribution in [2.45, 2.75) is 18.0 Å². The maximum Gasteiger partial charge on any atom is 0.261 e. The van der Waals surface area contributed by atoms with Gasteiger partial charge in [0.05, 0.1) is 17.7 Å². The zero-order valence-corrected chi connectivity index (χ0v) is 18.3. The van der Waals surface area contributed by atoms with Crippen LogP contribution in [-0.2, 0) is 23.1 Å². The lowest BCUT2D eigenvalue weighted by atomic mass is 10.1. The van der Waals surface area contributed by atoms with E-state index >= 15 is 0 Å². The fraction of sp³-hybridized carbons (Fsp3) is 0.0800. The SMILES string of the molecule is O=C(c1ccc(NS(=O)(=O)c2ccc(F)cc2)cc1)N(Cc1ccccc1)Cc1ccco1. The van der Waals surface area contributed by atoms with Crippen LogP contribution in [0.2, 0.25) is 0 Å². The molecule has 0 bridgehead atoms. The van der Waals surface area contributed by atoms with Gasteiger partial charge in [0.25, 0.3) is 15.9 Å². The third-order valence-corrected chi connectivity index (χ3v) is 6.34. The van der Waals surface area contributed by atoms with Crippen LogP contribution in [0.25, 0.3) is 0 Å². The van der Waals surface area contributed by atoms with Crippen LogP contribution in [0.5, 0.6) is 0 Å². The molecule has 4 rings (SSSR count). The van der Waals surface area contributed by atoms with Crippen molar-refractivity contribution in [1.82, 2.24) is 4.90 Å². The molecule has 33 heavy (non-hydrogen) atoms. The Morgan fingerprint density at radius 1 is 0.848 bits per heavy atom. The van der Waals surface area contributed by atoms with Crippen molar-refractivity contribution in [2.24, 2.45) is 0 Å². The first kappa shape index (κ1) is 22.3. The van der Waals surface area contributed by atoms with E-state index in [1.54, 1.807) is 35.4 Å². The number of benzene rings is 3. The molecule has 4 aromatic rings. The molecule has 6 nitrogen and oxygen atoms in total. The molecule has 1 aromatic heterocycles. The van der Waals surface area contributed by atoms with Crippen LogP contribution >= 0.6 is 0 Å². The number of amides is 1. The number of hydrogen-bond donors (Lipinski definition) is 1. The first-order chi connectivity index (χ1) is 15.9. The van der Waals surface area contributed by atoms with Gasteiger partial charge in [-0.05, 0) is 66.2 Å². The Morgan fingerprint density at radius 3 is 2.18 bits per heavy atom. The molecule has 0 atom stereocenters. The van der Waals surface area contributed by atoms with E-state index in [1.807, 2.05) is 30.3 Å². The third kappa shape index (κ3) is 5.67. The monoisotopic (exact) mass is 464 g/mol. The number of halogens is 1. The lowest BCUT2D eigenvalue weighted by molar-refractivity contribution is 0.0717.